The lowest BCUT2D eigenvalue weighted by molar-refractivity contribution is -0.112. The molecule has 15 heavy (non-hydrogen) atoms. The van der Waals surface area contributed by atoms with Gasteiger partial charge in [-0.3, -0.25) is 0 Å². The van der Waals surface area contributed by atoms with E-state index in [1.54, 1.807) is 6.07 Å². The normalized spacial score (nSPS) is 25.5. The summed E-state index contributed by atoms with van der Waals surface area (Å²) in [6.07, 6.45) is 1.61. The monoisotopic (exact) mass is 225 g/mol. The largest absolute Gasteiger partial charge is 0.380 e. The molecule has 1 atom stereocenters. The Morgan fingerprint density at radius 1 is 1.60 bits per heavy atom. The lowest BCUT2D eigenvalue weighted by Crippen LogP contribution is -2.29. The van der Waals surface area contributed by atoms with Crippen LogP contribution >= 0.6 is 11.6 Å². The van der Waals surface area contributed by atoms with Crippen molar-refractivity contribution in [3.8, 4) is 0 Å². The minimum absolute atomic E-state index is 0.406. The van der Waals surface area contributed by atoms with Crippen molar-refractivity contribution in [1.29, 1.82) is 0 Å². The number of aromatic nitrogens is 1. The Morgan fingerprint density at radius 3 is 2.93 bits per heavy atom. The molecule has 4 heteroatoms. The van der Waals surface area contributed by atoms with Gasteiger partial charge in [-0.2, -0.15) is 0 Å². The Hall–Kier alpha value is -0.930. The molecule has 2 heterocycles. The maximum absolute atomic E-state index is 11.2. The number of hydrogen-bond acceptors (Lipinski definition) is 3. The summed E-state index contributed by atoms with van der Waals surface area (Å²) in [6, 6.07) is 3.67. The predicted molar refractivity (Wildman–Crippen MR) is 57.2 cm³/mol. The van der Waals surface area contributed by atoms with Gasteiger partial charge in [-0.25, -0.2) is 4.98 Å². The van der Waals surface area contributed by atoms with Crippen molar-refractivity contribution in [2.45, 2.75) is 18.8 Å². The number of aldehydes is 1. The van der Waals surface area contributed by atoms with Crippen LogP contribution in [0.3, 0.4) is 0 Å². The van der Waals surface area contributed by atoms with E-state index in [-0.39, 0.29) is 0 Å². The van der Waals surface area contributed by atoms with Crippen LogP contribution in [0.2, 0.25) is 5.15 Å². The van der Waals surface area contributed by atoms with E-state index in [0.717, 1.165) is 17.5 Å². The fourth-order valence-electron chi connectivity index (χ4n) is 1.82. The van der Waals surface area contributed by atoms with Gasteiger partial charge in [-0.05, 0) is 31.0 Å². The summed E-state index contributed by atoms with van der Waals surface area (Å²) in [5.74, 6) is 0. The van der Waals surface area contributed by atoms with Gasteiger partial charge in [-0.15, -0.1) is 0 Å². The first-order valence-corrected chi connectivity index (χ1v) is 5.23. The lowest BCUT2D eigenvalue weighted by atomic mass is 9.84. The molecule has 3 nitrogen and oxygen atoms in total. The van der Waals surface area contributed by atoms with Crippen molar-refractivity contribution < 1.29 is 9.53 Å². The van der Waals surface area contributed by atoms with Gasteiger partial charge >= 0.3 is 0 Å². The molecule has 0 aromatic carbocycles. The molecular formula is C11H12ClNO2. The maximum Gasteiger partial charge on any atom is 0.134 e. The van der Waals surface area contributed by atoms with Gasteiger partial charge in [0.05, 0.1) is 17.7 Å². The third-order valence-electron chi connectivity index (χ3n) is 2.73. The molecule has 1 aliphatic heterocycles. The van der Waals surface area contributed by atoms with E-state index in [0.29, 0.717) is 24.8 Å². The van der Waals surface area contributed by atoms with Gasteiger partial charge in [0, 0.05) is 6.61 Å². The van der Waals surface area contributed by atoms with Crippen LogP contribution in [0.4, 0.5) is 0 Å². The summed E-state index contributed by atoms with van der Waals surface area (Å²) in [4.78, 5) is 15.4. The van der Waals surface area contributed by atoms with Crippen LogP contribution < -0.4 is 0 Å². The fraction of sp³-hybridized carbons (Fsp3) is 0.455. The Balaban J connectivity index is 2.46. The number of hydrogen-bond donors (Lipinski definition) is 0. The van der Waals surface area contributed by atoms with E-state index < -0.39 is 5.41 Å². The van der Waals surface area contributed by atoms with Crippen molar-refractivity contribution in [3.63, 3.8) is 0 Å². The molecule has 1 fully saturated rings. The van der Waals surface area contributed by atoms with Gasteiger partial charge in [-0.1, -0.05) is 11.6 Å². The van der Waals surface area contributed by atoms with Crippen LogP contribution in [0, 0.1) is 6.92 Å². The lowest BCUT2D eigenvalue weighted by Gasteiger charge is -2.19. The van der Waals surface area contributed by atoms with Crippen molar-refractivity contribution in [3.05, 3.63) is 28.5 Å². The average Bonchev–Trinajstić information content (AvgIpc) is 2.65. The van der Waals surface area contributed by atoms with Crippen molar-refractivity contribution in [2.75, 3.05) is 13.2 Å². The second kappa shape index (κ2) is 3.91. The highest BCUT2D eigenvalue weighted by Crippen LogP contribution is 2.31. The second-order valence-corrected chi connectivity index (χ2v) is 4.32. The minimum atomic E-state index is -0.588. The molecule has 0 aliphatic carbocycles. The minimum Gasteiger partial charge on any atom is -0.380 e. The third-order valence-corrected chi connectivity index (χ3v) is 2.92. The first-order valence-electron chi connectivity index (χ1n) is 4.85. The number of carbonyl (C=O) groups is 1. The highest BCUT2D eigenvalue weighted by Gasteiger charge is 2.38. The van der Waals surface area contributed by atoms with Crippen molar-refractivity contribution >= 4 is 17.9 Å². The molecule has 0 N–H and O–H groups in total. The molecule has 0 radical (unpaired) electrons. The number of halogens is 1. The van der Waals surface area contributed by atoms with Crippen LogP contribution in [-0.4, -0.2) is 24.5 Å². The fourth-order valence-corrected chi connectivity index (χ4v) is 2.08. The molecule has 1 saturated heterocycles. The maximum atomic E-state index is 11.2. The van der Waals surface area contributed by atoms with E-state index >= 15 is 0 Å². The van der Waals surface area contributed by atoms with E-state index in [1.807, 2.05) is 13.0 Å². The van der Waals surface area contributed by atoms with Crippen molar-refractivity contribution in [2.24, 2.45) is 0 Å². The summed E-state index contributed by atoms with van der Waals surface area (Å²) < 4.78 is 5.27. The highest BCUT2D eigenvalue weighted by atomic mass is 35.5. The molecule has 1 aliphatic rings. The summed E-state index contributed by atoms with van der Waals surface area (Å²) in [5.41, 5.74) is 1.15. The standard InChI is InChI=1S/C11H12ClNO2/c1-8-4-9(13-10(12)5-8)11(6-14)2-3-15-7-11/h4-6H,2-3,7H2,1H3/t11-/m0/s1. The molecule has 0 amide bonds. The molecule has 2 rings (SSSR count). The van der Waals surface area contributed by atoms with E-state index in [1.165, 1.54) is 0 Å². The molecule has 0 spiro atoms. The molecule has 1 aromatic heterocycles. The first-order chi connectivity index (χ1) is 7.16. The van der Waals surface area contributed by atoms with Crippen LogP contribution in [0.25, 0.3) is 0 Å². The Morgan fingerprint density at radius 2 is 2.40 bits per heavy atom. The molecule has 80 valence electrons. The first kappa shape index (κ1) is 10.6. The zero-order chi connectivity index (χ0) is 10.9. The van der Waals surface area contributed by atoms with E-state index in [2.05, 4.69) is 4.98 Å². The Bertz CT molecular complexity index is 366. The second-order valence-electron chi connectivity index (χ2n) is 3.93. The topological polar surface area (TPSA) is 39.2 Å². The molecule has 0 saturated carbocycles. The third kappa shape index (κ3) is 1.90. The Labute approximate surface area is 93.4 Å². The average molecular weight is 226 g/mol. The summed E-state index contributed by atoms with van der Waals surface area (Å²) in [5, 5.41) is 0.429. The van der Waals surface area contributed by atoms with Crippen LogP contribution in [0.1, 0.15) is 17.7 Å². The van der Waals surface area contributed by atoms with Gasteiger partial charge < -0.3 is 9.53 Å². The summed E-state index contributed by atoms with van der Waals surface area (Å²) in [7, 11) is 0. The van der Waals surface area contributed by atoms with Gasteiger partial charge in [0.1, 0.15) is 11.4 Å². The van der Waals surface area contributed by atoms with Gasteiger partial charge in [0.25, 0.3) is 0 Å². The molecule has 0 unspecified atom stereocenters. The van der Waals surface area contributed by atoms with Crippen LogP contribution in [0.15, 0.2) is 12.1 Å². The van der Waals surface area contributed by atoms with Crippen LogP contribution in [-0.2, 0) is 14.9 Å². The number of carbonyl (C=O) groups excluding carboxylic acids is 1. The summed E-state index contributed by atoms with van der Waals surface area (Å²) in [6.45, 7) is 2.95. The number of nitrogens with zero attached hydrogens (tertiary/aromatic N) is 1. The summed E-state index contributed by atoms with van der Waals surface area (Å²) >= 11 is 5.88. The van der Waals surface area contributed by atoms with Gasteiger partial charge in [0.15, 0.2) is 0 Å². The number of ether oxygens (including phenoxy) is 1. The number of pyridine rings is 1. The van der Waals surface area contributed by atoms with E-state index in [4.69, 9.17) is 16.3 Å². The Kier molecular flexibility index (Phi) is 2.76. The zero-order valence-corrected chi connectivity index (χ0v) is 9.25. The quantitative estimate of drug-likeness (QED) is 0.570. The predicted octanol–water partition coefficient (Wildman–Crippen LogP) is 1.90. The number of rotatable bonds is 2. The SMILES string of the molecule is Cc1cc(Cl)nc([C@]2(C=O)CCOC2)c1. The van der Waals surface area contributed by atoms with Crippen molar-refractivity contribution in [1.82, 2.24) is 4.98 Å². The van der Waals surface area contributed by atoms with Gasteiger partial charge in [0.2, 0.25) is 0 Å². The zero-order valence-electron chi connectivity index (χ0n) is 8.50. The molecular weight excluding hydrogens is 214 g/mol. The molecule has 1 aromatic rings. The smallest absolute Gasteiger partial charge is 0.134 e. The van der Waals surface area contributed by atoms with E-state index in [9.17, 15) is 4.79 Å². The highest BCUT2D eigenvalue weighted by molar-refractivity contribution is 6.29. The molecule has 0 bridgehead atoms. The van der Waals surface area contributed by atoms with Crippen LogP contribution in [0.5, 0.6) is 0 Å². The number of aryl methyl sites for hydroxylation is 1.